The molecule has 0 spiro atoms. The van der Waals surface area contributed by atoms with E-state index in [1.165, 1.54) is 24.8 Å². The van der Waals surface area contributed by atoms with Gasteiger partial charge in [0.15, 0.2) is 0 Å². The van der Waals surface area contributed by atoms with Gasteiger partial charge in [0.25, 0.3) is 0 Å². The number of hydrogen-bond acceptors (Lipinski definition) is 7. The van der Waals surface area contributed by atoms with Crippen molar-refractivity contribution in [1.29, 1.82) is 0 Å². The van der Waals surface area contributed by atoms with Crippen molar-refractivity contribution in [3.63, 3.8) is 0 Å². The minimum absolute atomic E-state index is 0.252. The minimum Gasteiger partial charge on any atom is -0.458 e. The fourth-order valence-corrected chi connectivity index (χ4v) is 4.20. The number of halogens is 1. The van der Waals surface area contributed by atoms with Gasteiger partial charge in [0, 0.05) is 18.2 Å². The van der Waals surface area contributed by atoms with Crippen LogP contribution in [-0.4, -0.2) is 46.9 Å². The lowest BCUT2D eigenvalue weighted by Gasteiger charge is -2.27. The highest BCUT2D eigenvalue weighted by molar-refractivity contribution is 6.26. The number of ether oxygens (including phenoxy) is 2. The number of hydrogen-bond donors (Lipinski definition) is 1. The summed E-state index contributed by atoms with van der Waals surface area (Å²) in [5, 5.41) is 10.4. The molecule has 33 heavy (non-hydrogen) atoms. The van der Waals surface area contributed by atoms with Gasteiger partial charge in [-0.15, -0.1) is 11.6 Å². The summed E-state index contributed by atoms with van der Waals surface area (Å²) >= 11 is 5.54. The first kappa shape index (κ1) is 23.5. The Hall–Kier alpha value is -2.61. The number of aryl methyl sites for hydroxylation is 1. The monoisotopic (exact) mass is 472 g/mol. The molecule has 0 bridgehead atoms. The van der Waals surface area contributed by atoms with Crippen LogP contribution < -0.4 is 10.8 Å². The number of carbonyl (C=O) groups excluding carboxylic acids is 1. The number of nitrogens with zero attached hydrogens (tertiary/aromatic N) is 2. The van der Waals surface area contributed by atoms with Gasteiger partial charge in [-0.2, -0.15) is 4.99 Å². The van der Waals surface area contributed by atoms with E-state index in [0.717, 1.165) is 23.0 Å². The number of furan rings is 1. The average Bonchev–Trinajstić information content (AvgIpc) is 3.42. The second-order valence-electron chi connectivity index (χ2n) is 8.30. The molecule has 3 unspecified atom stereocenters. The van der Waals surface area contributed by atoms with Gasteiger partial charge in [0.05, 0.1) is 11.8 Å². The van der Waals surface area contributed by atoms with Crippen molar-refractivity contribution in [1.82, 2.24) is 4.90 Å². The van der Waals surface area contributed by atoms with Crippen LogP contribution in [0.15, 0.2) is 52.1 Å². The highest BCUT2D eigenvalue weighted by atomic mass is 35.5. The van der Waals surface area contributed by atoms with E-state index >= 15 is 0 Å². The number of unbranched alkanes of at least 4 members (excludes halogenated alkanes) is 2. The SMILES string of the molecule is C=C1N=c2oc(-c3ccc(CCCCC)cc3)cc2=CN1C1CC(OC(=O)CCl)C(CO)O1. The molecule has 3 atom stereocenters. The Morgan fingerprint density at radius 2 is 2.12 bits per heavy atom. The summed E-state index contributed by atoms with van der Waals surface area (Å²) in [5.74, 6) is 0.372. The Balaban J connectivity index is 1.51. The van der Waals surface area contributed by atoms with Gasteiger partial charge in [-0.05, 0) is 24.5 Å². The van der Waals surface area contributed by atoms with Crippen molar-refractivity contribution in [2.45, 2.75) is 57.5 Å². The zero-order valence-electron chi connectivity index (χ0n) is 18.7. The lowest BCUT2D eigenvalue weighted by molar-refractivity contribution is -0.150. The first-order valence-corrected chi connectivity index (χ1v) is 11.8. The summed E-state index contributed by atoms with van der Waals surface area (Å²) in [6.07, 6.45) is 5.24. The van der Waals surface area contributed by atoms with Gasteiger partial charge >= 0.3 is 5.97 Å². The third-order valence-electron chi connectivity index (χ3n) is 5.92. The van der Waals surface area contributed by atoms with Crippen LogP contribution in [0.5, 0.6) is 0 Å². The van der Waals surface area contributed by atoms with E-state index < -0.39 is 24.4 Å². The summed E-state index contributed by atoms with van der Waals surface area (Å²) in [5.41, 5.74) is 2.79. The van der Waals surface area contributed by atoms with Gasteiger partial charge in [0.1, 0.15) is 35.9 Å². The standard InChI is InChI=1S/C25H29ClN2O5/c1-3-4-5-6-17-7-9-18(10-8-17)20-11-19-14-28(16(2)27-25(19)33-20)23-12-21(22(15-29)31-23)32-24(30)13-26/h7-11,14,21-23,29H,2-6,12-13,15H2,1H3. The Morgan fingerprint density at radius 1 is 1.33 bits per heavy atom. The van der Waals surface area contributed by atoms with E-state index in [0.29, 0.717) is 17.8 Å². The topological polar surface area (TPSA) is 84.5 Å². The van der Waals surface area contributed by atoms with Gasteiger partial charge in [0.2, 0.25) is 5.55 Å². The smallest absolute Gasteiger partial charge is 0.321 e. The van der Waals surface area contributed by atoms with Crippen LogP contribution >= 0.6 is 11.6 Å². The second-order valence-corrected chi connectivity index (χ2v) is 8.57. The third-order valence-corrected chi connectivity index (χ3v) is 6.14. The number of alkyl halides is 1. The largest absolute Gasteiger partial charge is 0.458 e. The molecule has 0 saturated carbocycles. The molecular formula is C25H29ClN2O5. The third kappa shape index (κ3) is 5.32. The van der Waals surface area contributed by atoms with Crippen LogP contribution in [0.2, 0.25) is 0 Å². The fourth-order valence-electron chi connectivity index (χ4n) is 4.14. The second kappa shape index (κ2) is 10.5. The molecule has 0 aliphatic carbocycles. The Morgan fingerprint density at radius 3 is 2.82 bits per heavy atom. The number of rotatable bonds is 9. The lowest BCUT2D eigenvalue weighted by Crippen LogP contribution is -2.38. The van der Waals surface area contributed by atoms with E-state index in [2.05, 4.69) is 42.8 Å². The van der Waals surface area contributed by atoms with Crippen molar-refractivity contribution in [3.8, 4) is 11.3 Å². The zero-order valence-corrected chi connectivity index (χ0v) is 19.5. The number of esters is 1. The van der Waals surface area contributed by atoms with Crippen LogP contribution in [0.4, 0.5) is 0 Å². The van der Waals surface area contributed by atoms with Gasteiger partial charge < -0.3 is 23.9 Å². The van der Waals surface area contributed by atoms with Crippen LogP contribution in [0.25, 0.3) is 17.5 Å². The maximum absolute atomic E-state index is 11.6. The van der Waals surface area contributed by atoms with Crippen molar-refractivity contribution in [2.24, 2.45) is 4.99 Å². The molecule has 1 fully saturated rings. The Bertz CT molecular complexity index is 1110. The number of aliphatic hydroxyl groups is 1. The molecule has 7 nitrogen and oxygen atoms in total. The highest BCUT2D eigenvalue weighted by Crippen LogP contribution is 2.29. The molecule has 2 aliphatic rings. The molecular weight excluding hydrogens is 444 g/mol. The van der Waals surface area contributed by atoms with E-state index in [4.69, 9.17) is 25.5 Å². The molecule has 3 heterocycles. The minimum atomic E-state index is -0.638. The van der Waals surface area contributed by atoms with E-state index in [1.807, 2.05) is 12.3 Å². The van der Waals surface area contributed by atoms with Gasteiger partial charge in [-0.3, -0.25) is 4.79 Å². The summed E-state index contributed by atoms with van der Waals surface area (Å²) in [6, 6.07) is 10.4. The van der Waals surface area contributed by atoms with E-state index in [1.54, 1.807) is 4.90 Å². The first-order chi connectivity index (χ1) is 16.0. The molecule has 1 aromatic heterocycles. The molecule has 2 aliphatic heterocycles. The molecule has 8 heteroatoms. The Labute approximate surface area is 198 Å². The maximum Gasteiger partial charge on any atom is 0.321 e. The predicted molar refractivity (Wildman–Crippen MR) is 125 cm³/mol. The van der Waals surface area contributed by atoms with Crippen LogP contribution in [-0.2, 0) is 20.7 Å². The van der Waals surface area contributed by atoms with Crippen molar-refractivity contribution in [3.05, 3.63) is 59.1 Å². The van der Waals surface area contributed by atoms with Crippen molar-refractivity contribution in [2.75, 3.05) is 12.5 Å². The number of carbonyl (C=O) groups is 1. The Kier molecular flexibility index (Phi) is 7.53. The molecule has 1 N–H and O–H groups in total. The maximum atomic E-state index is 11.6. The van der Waals surface area contributed by atoms with Gasteiger partial charge in [-0.1, -0.05) is 50.6 Å². The quantitative estimate of drug-likeness (QED) is 0.343. The van der Waals surface area contributed by atoms with Crippen molar-refractivity contribution < 1.29 is 23.8 Å². The first-order valence-electron chi connectivity index (χ1n) is 11.3. The summed E-state index contributed by atoms with van der Waals surface area (Å²) in [4.78, 5) is 17.9. The zero-order chi connectivity index (χ0) is 23.4. The average molecular weight is 473 g/mol. The van der Waals surface area contributed by atoms with Crippen LogP contribution in [0, 0.1) is 0 Å². The number of aliphatic hydroxyl groups excluding tert-OH is 1. The summed E-state index contributed by atoms with van der Waals surface area (Å²) < 4.78 is 17.2. The molecule has 2 aromatic rings. The van der Waals surface area contributed by atoms with E-state index in [-0.39, 0.29) is 12.5 Å². The molecule has 0 radical (unpaired) electrons. The molecule has 176 valence electrons. The predicted octanol–water partition coefficient (Wildman–Crippen LogP) is 3.08. The normalized spacial score (nSPS) is 22.0. The van der Waals surface area contributed by atoms with Gasteiger partial charge in [-0.25, -0.2) is 0 Å². The van der Waals surface area contributed by atoms with Crippen molar-refractivity contribution >= 4 is 23.8 Å². The number of benzene rings is 1. The fraction of sp³-hybridized carbons (Fsp3) is 0.440. The molecule has 1 aromatic carbocycles. The lowest BCUT2D eigenvalue weighted by atomic mass is 10.0. The number of fused-ring (bicyclic) bond motifs is 1. The molecule has 0 amide bonds. The van der Waals surface area contributed by atoms with Crippen LogP contribution in [0.1, 0.15) is 38.2 Å². The van der Waals surface area contributed by atoms with E-state index in [9.17, 15) is 9.90 Å². The summed E-state index contributed by atoms with van der Waals surface area (Å²) in [6.45, 7) is 5.95. The molecule has 4 rings (SSSR count). The highest BCUT2D eigenvalue weighted by Gasteiger charge is 2.40. The summed E-state index contributed by atoms with van der Waals surface area (Å²) in [7, 11) is 0. The van der Waals surface area contributed by atoms with Crippen LogP contribution in [0.3, 0.4) is 0 Å². The molecule has 1 saturated heterocycles.